The molecule has 1 unspecified atom stereocenters. The smallest absolute Gasteiger partial charge is 0.249 e. The van der Waals surface area contributed by atoms with Gasteiger partial charge in [-0.05, 0) is 37.2 Å². The van der Waals surface area contributed by atoms with Crippen LogP contribution in [0.5, 0.6) is 0 Å². The van der Waals surface area contributed by atoms with Crippen molar-refractivity contribution < 1.29 is 4.79 Å². The van der Waals surface area contributed by atoms with E-state index in [-0.39, 0.29) is 5.92 Å². The molecule has 2 aromatic heterocycles. The number of rotatable bonds is 5. The molecule has 2 N–H and O–H groups in total. The van der Waals surface area contributed by atoms with Gasteiger partial charge in [-0.15, -0.1) is 0 Å². The van der Waals surface area contributed by atoms with E-state index in [0.29, 0.717) is 5.56 Å². The fourth-order valence-corrected chi connectivity index (χ4v) is 4.72. The quantitative estimate of drug-likeness (QED) is 0.524. The first-order chi connectivity index (χ1) is 15.5. The fraction of sp³-hybridized carbons (Fsp3) is 0.269. The molecular formula is C26H27N5O. The highest BCUT2D eigenvalue weighted by atomic mass is 16.1. The van der Waals surface area contributed by atoms with E-state index in [1.165, 1.54) is 5.56 Å². The van der Waals surface area contributed by atoms with Crippen LogP contribution in [0.25, 0.3) is 21.8 Å². The normalized spacial score (nSPS) is 16.6. The Labute approximate surface area is 187 Å². The maximum absolute atomic E-state index is 12.1. The molecule has 162 valence electrons. The molecule has 0 bridgehead atoms. The lowest BCUT2D eigenvalue weighted by atomic mass is 9.99. The van der Waals surface area contributed by atoms with Crippen molar-refractivity contribution in [1.82, 2.24) is 14.9 Å². The number of nitrogens with two attached hydrogens (primary N) is 1. The molecular weight excluding hydrogens is 398 g/mol. The SMILES string of the molecule is CN(C)c1nc2ccccc2cc1CN1CCC(c2cc(C(N)=O)c3ccccc3n2)C1. The lowest BCUT2D eigenvalue weighted by molar-refractivity contribution is 0.100. The molecule has 1 fully saturated rings. The van der Waals surface area contributed by atoms with Crippen LogP contribution in [0.15, 0.2) is 60.7 Å². The molecule has 5 rings (SSSR count). The van der Waals surface area contributed by atoms with Gasteiger partial charge in [0.15, 0.2) is 0 Å². The maximum atomic E-state index is 12.1. The van der Waals surface area contributed by atoms with Crippen molar-refractivity contribution in [1.29, 1.82) is 0 Å². The first kappa shape index (κ1) is 20.4. The van der Waals surface area contributed by atoms with Gasteiger partial charge >= 0.3 is 0 Å². The average molecular weight is 426 g/mol. The number of amides is 1. The van der Waals surface area contributed by atoms with Gasteiger partial charge in [-0.1, -0.05) is 36.4 Å². The molecule has 1 amide bonds. The monoisotopic (exact) mass is 425 g/mol. The number of likely N-dealkylation sites (tertiary alicyclic amines) is 1. The molecule has 4 aromatic rings. The number of carbonyl (C=O) groups is 1. The number of aromatic nitrogens is 2. The summed E-state index contributed by atoms with van der Waals surface area (Å²) >= 11 is 0. The van der Waals surface area contributed by atoms with Crippen LogP contribution in [-0.4, -0.2) is 48.0 Å². The number of fused-ring (bicyclic) bond motifs is 2. The number of anilines is 1. The van der Waals surface area contributed by atoms with Crippen LogP contribution in [0.4, 0.5) is 5.82 Å². The lowest BCUT2D eigenvalue weighted by Crippen LogP contribution is -2.23. The van der Waals surface area contributed by atoms with E-state index in [0.717, 1.165) is 59.4 Å². The summed E-state index contributed by atoms with van der Waals surface area (Å²) in [7, 11) is 4.08. The van der Waals surface area contributed by atoms with Crippen molar-refractivity contribution in [2.75, 3.05) is 32.1 Å². The Morgan fingerprint density at radius 1 is 1.06 bits per heavy atom. The summed E-state index contributed by atoms with van der Waals surface area (Å²) in [4.78, 5) is 26.4. The number of hydrogen-bond donors (Lipinski definition) is 1. The van der Waals surface area contributed by atoms with E-state index < -0.39 is 5.91 Å². The van der Waals surface area contributed by atoms with Crippen molar-refractivity contribution >= 4 is 33.5 Å². The van der Waals surface area contributed by atoms with Crippen molar-refractivity contribution in [3.63, 3.8) is 0 Å². The van der Waals surface area contributed by atoms with Gasteiger partial charge in [-0.25, -0.2) is 4.98 Å². The van der Waals surface area contributed by atoms with Crippen molar-refractivity contribution in [2.45, 2.75) is 18.9 Å². The Kier molecular flexibility index (Phi) is 5.23. The van der Waals surface area contributed by atoms with E-state index in [2.05, 4.69) is 34.1 Å². The van der Waals surface area contributed by atoms with Gasteiger partial charge in [-0.3, -0.25) is 14.7 Å². The third kappa shape index (κ3) is 3.78. The Balaban J connectivity index is 1.42. The predicted molar refractivity (Wildman–Crippen MR) is 129 cm³/mol. The molecule has 6 nitrogen and oxygen atoms in total. The highest BCUT2D eigenvalue weighted by Crippen LogP contribution is 2.31. The average Bonchev–Trinajstić information content (AvgIpc) is 3.26. The lowest BCUT2D eigenvalue weighted by Gasteiger charge is -2.22. The zero-order valence-corrected chi connectivity index (χ0v) is 18.5. The zero-order chi connectivity index (χ0) is 22.2. The number of para-hydroxylation sites is 2. The van der Waals surface area contributed by atoms with Crippen LogP contribution in [0, 0.1) is 0 Å². The fourth-order valence-electron chi connectivity index (χ4n) is 4.72. The molecule has 3 heterocycles. The molecule has 0 spiro atoms. The number of carbonyl (C=O) groups excluding carboxylic acids is 1. The number of pyridine rings is 2. The molecule has 2 aromatic carbocycles. The van der Waals surface area contributed by atoms with Gasteiger partial charge < -0.3 is 10.6 Å². The van der Waals surface area contributed by atoms with Gasteiger partial charge in [0.1, 0.15) is 5.82 Å². The molecule has 0 aliphatic carbocycles. The molecule has 0 saturated carbocycles. The van der Waals surface area contributed by atoms with E-state index >= 15 is 0 Å². The van der Waals surface area contributed by atoms with Crippen LogP contribution in [-0.2, 0) is 6.54 Å². The second-order valence-electron chi connectivity index (χ2n) is 8.76. The predicted octanol–water partition coefficient (Wildman–Crippen LogP) is 3.94. The van der Waals surface area contributed by atoms with E-state index in [9.17, 15) is 4.79 Å². The maximum Gasteiger partial charge on any atom is 0.249 e. The standard InChI is InChI=1S/C26H27N5O/c1-30(2)26-19(13-17-7-3-5-9-22(17)29-26)16-31-12-11-18(15-31)24-14-21(25(27)32)20-8-4-6-10-23(20)28-24/h3-10,13-14,18H,11-12,15-16H2,1-2H3,(H2,27,32). The summed E-state index contributed by atoms with van der Waals surface area (Å²) in [5.41, 5.74) is 10.2. The summed E-state index contributed by atoms with van der Waals surface area (Å²) < 4.78 is 0. The first-order valence-corrected chi connectivity index (χ1v) is 11.0. The number of hydrogen-bond acceptors (Lipinski definition) is 5. The number of primary amides is 1. The van der Waals surface area contributed by atoms with Crippen LogP contribution >= 0.6 is 0 Å². The summed E-state index contributed by atoms with van der Waals surface area (Å²) in [6.07, 6.45) is 1.00. The zero-order valence-electron chi connectivity index (χ0n) is 18.5. The summed E-state index contributed by atoms with van der Waals surface area (Å²) in [6.45, 7) is 2.70. The van der Waals surface area contributed by atoms with Crippen LogP contribution in [0.2, 0.25) is 0 Å². The van der Waals surface area contributed by atoms with Gasteiger partial charge in [0.25, 0.3) is 0 Å². The van der Waals surface area contributed by atoms with Gasteiger partial charge in [0.05, 0.1) is 16.6 Å². The summed E-state index contributed by atoms with van der Waals surface area (Å²) in [5.74, 6) is 0.874. The largest absolute Gasteiger partial charge is 0.366 e. The molecule has 1 aliphatic heterocycles. The van der Waals surface area contributed by atoms with Crippen molar-refractivity contribution in [2.24, 2.45) is 5.73 Å². The molecule has 1 atom stereocenters. The summed E-state index contributed by atoms with van der Waals surface area (Å²) in [6, 6.07) is 20.1. The second-order valence-corrected chi connectivity index (χ2v) is 8.76. The van der Waals surface area contributed by atoms with Gasteiger partial charge in [-0.2, -0.15) is 0 Å². The molecule has 1 aliphatic rings. The Hall–Kier alpha value is -3.51. The molecule has 1 saturated heterocycles. The molecule has 0 radical (unpaired) electrons. The number of nitrogens with zero attached hydrogens (tertiary/aromatic N) is 4. The third-order valence-corrected chi connectivity index (χ3v) is 6.29. The minimum absolute atomic E-state index is 0.272. The van der Waals surface area contributed by atoms with Gasteiger partial charge in [0, 0.05) is 55.1 Å². The topological polar surface area (TPSA) is 75.3 Å². The Bertz CT molecular complexity index is 1320. The highest BCUT2D eigenvalue weighted by Gasteiger charge is 2.27. The van der Waals surface area contributed by atoms with Crippen LogP contribution in [0.1, 0.15) is 34.0 Å². The van der Waals surface area contributed by atoms with E-state index in [1.807, 2.05) is 50.5 Å². The van der Waals surface area contributed by atoms with E-state index in [4.69, 9.17) is 15.7 Å². The van der Waals surface area contributed by atoms with E-state index in [1.54, 1.807) is 0 Å². The second kappa shape index (κ2) is 8.20. The number of benzene rings is 2. The minimum Gasteiger partial charge on any atom is -0.366 e. The minimum atomic E-state index is -0.405. The molecule has 32 heavy (non-hydrogen) atoms. The van der Waals surface area contributed by atoms with Crippen molar-refractivity contribution in [3.8, 4) is 0 Å². The van der Waals surface area contributed by atoms with Gasteiger partial charge in [0.2, 0.25) is 5.91 Å². The Morgan fingerprint density at radius 2 is 1.81 bits per heavy atom. The van der Waals surface area contributed by atoms with Crippen molar-refractivity contribution in [3.05, 3.63) is 77.5 Å². The summed E-state index contributed by atoms with van der Waals surface area (Å²) in [5, 5.41) is 1.97. The third-order valence-electron chi connectivity index (χ3n) is 6.29. The Morgan fingerprint density at radius 3 is 2.59 bits per heavy atom. The van der Waals surface area contributed by atoms with Crippen LogP contribution in [0.3, 0.4) is 0 Å². The van der Waals surface area contributed by atoms with Crippen LogP contribution < -0.4 is 10.6 Å². The highest BCUT2D eigenvalue weighted by molar-refractivity contribution is 6.05. The molecule has 6 heteroatoms. The first-order valence-electron chi connectivity index (χ1n) is 11.0.